The summed E-state index contributed by atoms with van der Waals surface area (Å²) in [6.07, 6.45) is 7.03. The van der Waals surface area contributed by atoms with Crippen LogP contribution in [0, 0.1) is 0 Å². The molecule has 0 aliphatic carbocycles. The second kappa shape index (κ2) is 5.48. The van der Waals surface area contributed by atoms with E-state index in [0.717, 1.165) is 18.1 Å². The zero-order chi connectivity index (χ0) is 12.5. The molecule has 0 bridgehead atoms. The fraction of sp³-hybridized carbons (Fsp3) is 1.00. The summed E-state index contributed by atoms with van der Waals surface area (Å²) in [4.78, 5) is 5.35. The predicted molar refractivity (Wildman–Crippen MR) is 75.9 cm³/mol. The fourth-order valence-electron chi connectivity index (χ4n) is 4.14. The van der Waals surface area contributed by atoms with Gasteiger partial charge in [-0.15, -0.1) is 0 Å². The van der Waals surface area contributed by atoms with Gasteiger partial charge in [0.25, 0.3) is 0 Å². The van der Waals surface area contributed by atoms with Crippen LogP contribution in [0.3, 0.4) is 0 Å². The Balaban J connectivity index is 1.51. The van der Waals surface area contributed by atoms with Crippen LogP contribution in [-0.4, -0.2) is 60.1 Å². The van der Waals surface area contributed by atoms with E-state index < -0.39 is 0 Å². The smallest absolute Gasteiger partial charge is 0.0249 e. The molecule has 3 saturated heterocycles. The van der Waals surface area contributed by atoms with E-state index >= 15 is 0 Å². The lowest BCUT2D eigenvalue weighted by Crippen LogP contribution is -2.49. The zero-order valence-corrected chi connectivity index (χ0v) is 12.1. The molecule has 0 amide bonds. The van der Waals surface area contributed by atoms with Gasteiger partial charge in [-0.25, -0.2) is 0 Å². The zero-order valence-electron chi connectivity index (χ0n) is 12.1. The van der Waals surface area contributed by atoms with E-state index in [0.29, 0.717) is 6.04 Å². The van der Waals surface area contributed by atoms with Crippen LogP contribution in [0.15, 0.2) is 0 Å². The van der Waals surface area contributed by atoms with Gasteiger partial charge in [0.15, 0.2) is 0 Å². The van der Waals surface area contributed by atoms with Crippen molar-refractivity contribution in [1.29, 1.82) is 0 Å². The summed E-state index contributed by atoms with van der Waals surface area (Å²) in [6.45, 7) is 9.88. The molecule has 3 atom stereocenters. The van der Waals surface area contributed by atoms with E-state index in [9.17, 15) is 0 Å². The normalized spacial score (nSPS) is 38.5. The average Bonchev–Trinajstić information content (AvgIpc) is 2.98. The Hall–Kier alpha value is -0.120. The molecule has 0 radical (unpaired) electrons. The molecule has 0 aromatic rings. The maximum Gasteiger partial charge on any atom is 0.0249 e. The van der Waals surface area contributed by atoms with Crippen molar-refractivity contribution in [3.8, 4) is 0 Å². The highest BCUT2D eigenvalue weighted by atomic mass is 15.3. The molecule has 3 aliphatic rings. The highest BCUT2D eigenvalue weighted by Crippen LogP contribution is 2.28. The van der Waals surface area contributed by atoms with E-state index in [-0.39, 0.29) is 0 Å². The molecule has 3 rings (SSSR count). The highest BCUT2D eigenvalue weighted by Gasteiger charge is 2.37. The van der Waals surface area contributed by atoms with Crippen molar-refractivity contribution in [2.24, 2.45) is 0 Å². The fourth-order valence-corrected chi connectivity index (χ4v) is 4.14. The van der Waals surface area contributed by atoms with Gasteiger partial charge in [0.05, 0.1) is 0 Å². The SMILES string of the molecule is CC(C)N1CCC(NC2CCN3CCCCC23)C1. The minimum atomic E-state index is 0.714. The first-order chi connectivity index (χ1) is 8.74. The Labute approximate surface area is 112 Å². The Morgan fingerprint density at radius 3 is 2.67 bits per heavy atom. The molecule has 3 unspecified atom stereocenters. The average molecular weight is 251 g/mol. The van der Waals surface area contributed by atoms with Gasteiger partial charge < -0.3 is 5.32 Å². The number of hydrogen-bond donors (Lipinski definition) is 1. The summed E-state index contributed by atoms with van der Waals surface area (Å²) in [6, 6.07) is 3.10. The van der Waals surface area contributed by atoms with E-state index in [4.69, 9.17) is 0 Å². The topological polar surface area (TPSA) is 18.5 Å². The van der Waals surface area contributed by atoms with Crippen LogP contribution in [0.5, 0.6) is 0 Å². The number of nitrogens with zero attached hydrogens (tertiary/aromatic N) is 2. The van der Waals surface area contributed by atoms with Gasteiger partial charge >= 0.3 is 0 Å². The standard InChI is InChI=1S/C15H29N3/c1-12(2)18-9-6-13(11-18)16-14-7-10-17-8-4-3-5-15(14)17/h12-16H,3-11H2,1-2H3. The van der Waals surface area contributed by atoms with Crippen molar-refractivity contribution in [2.45, 2.75) is 70.1 Å². The van der Waals surface area contributed by atoms with Gasteiger partial charge in [0.1, 0.15) is 0 Å². The van der Waals surface area contributed by atoms with E-state index in [1.807, 2.05) is 0 Å². The maximum atomic E-state index is 3.98. The lowest BCUT2D eigenvalue weighted by Gasteiger charge is -2.34. The lowest BCUT2D eigenvalue weighted by atomic mass is 9.98. The van der Waals surface area contributed by atoms with Gasteiger partial charge in [-0.05, 0) is 52.6 Å². The van der Waals surface area contributed by atoms with Crippen molar-refractivity contribution in [2.75, 3.05) is 26.2 Å². The molecule has 0 aromatic carbocycles. The minimum absolute atomic E-state index is 0.714. The molecule has 104 valence electrons. The Morgan fingerprint density at radius 1 is 1.00 bits per heavy atom. The number of piperidine rings is 1. The van der Waals surface area contributed by atoms with Crippen molar-refractivity contribution in [1.82, 2.24) is 15.1 Å². The third-order valence-electron chi connectivity index (χ3n) is 5.26. The van der Waals surface area contributed by atoms with Crippen molar-refractivity contribution < 1.29 is 0 Å². The maximum absolute atomic E-state index is 3.98. The van der Waals surface area contributed by atoms with Crippen molar-refractivity contribution >= 4 is 0 Å². The molecule has 0 aromatic heterocycles. The van der Waals surface area contributed by atoms with Crippen LogP contribution < -0.4 is 5.32 Å². The van der Waals surface area contributed by atoms with Gasteiger partial charge in [-0.3, -0.25) is 9.80 Å². The molecule has 3 heterocycles. The summed E-state index contributed by atoms with van der Waals surface area (Å²) in [7, 11) is 0. The molecule has 3 heteroatoms. The van der Waals surface area contributed by atoms with Gasteiger partial charge in [0.2, 0.25) is 0 Å². The predicted octanol–water partition coefficient (Wildman–Crippen LogP) is 1.69. The first-order valence-electron chi connectivity index (χ1n) is 7.98. The van der Waals surface area contributed by atoms with Gasteiger partial charge in [-0.1, -0.05) is 6.42 Å². The van der Waals surface area contributed by atoms with Crippen LogP contribution >= 0.6 is 0 Å². The summed E-state index contributed by atoms with van der Waals surface area (Å²) in [5, 5.41) is 3.98. The first kappa shape index (κ1) is 12.9. The Bertz CT molecular complexity index is 279. The molecular formula is C15H29N3. The lowest BCUT2D eigenvalue weighted by molar-refractivity contribution is 0.175. The second-order valence-electron chi connectivity index (χ2n) is 6.74. The number of nitrogens with one attached hydrogen (secondary N) is 1. The molecule has 1 N–H and O–H groups in total. The molecule has 18 heavy (non-hydrogen) atoms. The molecule has 3 nitrogen and oxygen atoms in total. The van der Waals surface area contributed by atoms with Crippen LogP contribution in [0.4, 0.5) is 0 Å². The van der Waals surface area contributed by atoms with Crippen LogP contribution in [0.25, 0.3) is 0 Å². The summed E-state index contributed by atoms with van der Waals surface area (Å²) >= 11 is 0. The number of fused-ring (bicyclic) bond motifs is 1. The molecule has 3 aliphatic heterocycles. The van der Waals surface area contributed by atoms with Crippen LogP contribution in [0.1, 0.15) is 46.0 Å². The monoisotopic (exact) mass is 251 g/mol. The van der Waals surface area contributed by atoms with E-state index in [1.54, 1.807) is 0 Å². The van der Waals surface area contributed by atoms with Crippen LogP contribution in [-0.2, 0) is 0 Å². The van der Waals surface area contributed by atoms with Gasteiger partial charge in [0, 0.05) is 37.3 Å². The van der Waals surface area contributed by atoms with Crippen LogP contribution in [0.2, 0.25) is 0 Å². The molecule has 3 fully saturated rings. The third-order valence-corrected chi connectivity index (χ3v) is 5.26. The molecular weight excluding hydrogens is 222 g/mol. The first-order valence-corrected chi connectivity index (χ1v) is 7.98. The van der Waals surface area contributed by atoms with Gasteiger partial charge in [-0.2, -0.15) is 0 Å². The number of hydrogen-bond acceptors (Lipinski definition) is 3. The molecule has 0 saturated carbocycles. The Morgan fingerprint density at radius 2 is 1.89 bits per heavy atom. The number of likely N-dealkylation sites (tertiary alicyclic amines) is 1. The highest BCUT2D eigenvalue weighted by molar-refractivity contribution is 4.96. The van der Waals surface area contributed by atoms with E-state index in [1.165, 1.54) is 58.3 Å². The minimum Gasteiger partial charge on any atom is -0.308 e. The summed E-state index contributed by atoms with van der Waals surface area (Å²) in [5.41, 5.74) is 0. The second-order valence-corrected chi connectivity index (χ2v) is 6.74. The van der Waals surface area contributed by atoms with Crippen molar-refractivity contribution in [3.63, 3.8) is 0 Å². The Kier molecular flexibility index (Phi) is 3.92. The van der Waals surface area contributed by atoms with E-state index in [2.05, 4.69) is 29.0 Å². The largest absolute Gasteiger partial charge is 0.308 e. The number of rotatable bonds is 3. The van der Waals surface area contributed by atoms with Crippen molar-refractivity contribution in [3.05, 3.63) is 0 Å². The molecule has 0 spiro atoms. The summed E-state index contributed by atoms with van der Waals surface area (Å²) < 4.78 is 0. The third kappa shape index (κ3) is 2.59. The summed E-state index contributed by atoms with van der Waals surface area (Å²) in [5.74, 6) is 0. The quantitative estimate of drug-likeness (QED) is 0.823.